The molecule has 1 aliphatic rings. The van der Waals surface area contributed by atoms with Gasteiger partial charge in [0.25, 0.3) is 5.91 Å². The second-order valence-corrected chi connectivity index (χ2v) is 5.96. The van der Waals surface area contributed by atoms with Crippen molar-refractivity contribution in [3.8, 4) is 0 Å². The molecule has 25 heavy (non-hydrogen) atoms. The van der Waals surface area contributed by atoms with Gasteiger partial charge in [-0.2, -0.15) is 10.1 Å². The number of carbonyl (C=O) groups excluding carboxylic acids is 1. The van der Waals surface area contributed by atoms with E-state index in [0.717, 1.165) is 30.1 Å². The average Bonchev–Trinajstić information content (AvgIpc) is 2.93. The van der Waals surface area contributed by atoms with Crippen molar-refractivity contribution in [2.24, 2.45) is 5.10 Å². The van der Waals surface area contributed by atoms with Crippen LogP contribution in [0, 0.1) is 0 Å². The van der Waals surface area contributed by atoms with Gasteiger partial charge >= 0.3 is 0 Å². The minimum absolute atomic E-state index is 0.0866. The zero-order valence-electron chi connectivity index (χ0n) is 14.9. The third-order valence-electron chi connectivity index (χ3n) is 4.40. The molecular formula is C21H23N3O. The van der Waals surface area contributed by atoms with Crippen molar-refractivity contribution in [2.75, 3.05) is 23.0 Å². The lowest BCUT2D eigenvalue weighted by Gasteiger charge is -2.20. The van der Waals surface area contributed by atoms with Crippen LogP contribution < -0.4 is 9.91 Å². The molecule has 0 radical (unpaired) electrons. The smallest absolute Gasteiger partial charge is 0.280 e. The van der Waals surface area contributed by atoms with Gasteiger partial charge in [-0.3, -0.25) is 4.79 Å². The summed E-state index contributed by atoms with van der Waals surface area (Å²) in [6.07, 6.45) is 1.91. The van der Waals surface area contributed by atoms with Crippen LogP contribution in [0.15, 0.2) is 65.3 Å². The first-order valence-electron chi connectivity index (χ1n) is 8.65. The predicted molar refractivity (Wildman–Crippen MR) is 105 cm³/mol. The third kappa shape index (κ3) is 3.48. The Hall–Kier alpha value is -2.88. The van der Waals surface area contributed by atoms with Gasteiger partial charge in [-0.1, -0.05) is 30.3 Å². The summed E-state index contributed by atoms with van der Waals surface area (Å²) in [5, 5.41) is 5.88. The molecule has 2 aromatic carbocycles. The van der Waals surface area contributed by atoms with Crippen molar-refractivity contribution in [3.63, 3.8) is 0 Å². The molecule has 0 spiro atoms. The number of carbonyl (C=O) groups is 1. The van der Waals surface area contributed by atoms with Gasteiger partial charge in [0.2, 0.25) is 0 Å². The monoisotopic (exact) mass is 333 g/mol. The van der Waals surface area contributed by atoms with Gasteiger partial charge in [-0.05, 0) is 56.7 Å². The number of rotatable bonds is 5. The fraction of sp³-hybridized carbons (Fsp3) is 0.238. The van der Waals surface area contributed by atoms with Crippen LogP contribution in [0.2, 0.25) is 0 Å². The van der Waals surface area contributed by atoms with Crippen LogP contribution in [0.25, 0.3) is 6.08 Å². The van der Waals surface area contributed by atoms with Crippen molar-refractivity contribution < 1.29 is 4.79 Å². The van der Waals surface area contributed by atoms with E-state index in [-0.39, 0.29) is 5.91 Å². The van der Waals surface area contributed by atoms with E-state index in [1.807, 2.05) is 55.5 Å². The summed E-state index contributed by atoms with van der Waals surface area (Å²) < 4.78 is 0. The van der Waals surface area contributed by atoms with Gasteiger partial charge in [-0.25, -0.2) is 0 Å². The summed E-state index contributed by atoms with van der Waals surface area (Å²) in [7, 11) is 0. The highest BCUT2D eigenvalue weighted by Crippen LogP contribution is 2.25. The average molecular weight is 333 g/mol. The van der Waals surface area contributed by atoms with Crippen molar-refractivity contribution in [1.82, 2.24) is 0 Å². The zero-order valence-corrected chi connectivity index (χ0v) is 14.9. The standard InChI is InChI=1S/C21H23N3O/c1-4-23(5-2)18-13-11-17(12-14-18)15-20-16(3)22-24(21(20)25)19-9-7-6-8-10-19/h6-15H,4-5H2,1-3H3. The summed E-state index contributed by atoms with van der Waals surface area (Å²) in [5.41, 5.74) is 4.36. The van der Waals surface area contributed by atoms with Gasteiger partial charge in [-0.15, -0.1) is 0 Å². The lowest BCUT2D eigenvalue weighted by Crippen LogP contribution is -2.21. The van der Waals surface area contributed by atoms with Crippen LogP contribution in [0.4, 0.5) is 11.4 Å². The van der Waals surface area contributed by atoms with Crippen molar-refractivity contribution in [3.05, 3.63) is 65.7 Å². The molecule has 4 heteroatoms. The van der Waals surface area contributed by atoms with Gasteiger partial charge in [0.15, 0.2) is 0 Å². The van der Waals surface area contributed by atoms with Crippen LogP contribution in [0.1, 0.15) is 26.3 Å². The van der Waals surface area contributed by atoms with Gasteiger partial charge < -0.3 is 4.90 Å². The molecule has 0 bridgehead atoms. The lowest BCUT2D eigenvalue weighted by atomic mass is 10.1. The van der Waals surface area contributed by atoms with Gasteiger partial charge in [0, 0.05) is 18.8 Å². The highest BCUT2D eigenvalue weighted by molar-refractivity contribution is 6.32. The molecule has 0 fully saturated rings. The maximum atomic E-state index is 12.7. The Bertz CT molecular complexity index is 803. The lowest BCUT2D eigenvalue weighted by molar-refractivity contribution is -0.114. The fourth-order valence-electron chi connectivity index (χ4n) is 2.97. The minimum atomic E-state index is -0.0866. The zero-order chi connectivity index (χ0) is 17.8. The summed E-state index contributed by atoms with van der Waals surface area (Å²) in [6.45, 7) is 8.13. The number of hydrazone groups is 1. The molecule has 1 heterocycles. The van der Waals surface area contributed by atoms with E-state index in [4.69, 9.17) is 0 Å². The molecule has 0 atom stereocenters. The molecule has 0 saturated heterocycles. The van der Waals surface area contributed by atoms with E-state index in [9.17, 15) is 4.79 Å². The first-order chi connectivity index (χ1) is 12.1. The van der Waals surface area contributed by atoms with Gasteiger partial charge in [0.05, 0.1) is 17.0 Å². The normalized spacial score (nSPS) is 15.6. The predicted octanol–water partition coefficient (Wildman–Crippen LogP) is 4.34. The molecule has 1 amide bonds. The Kier molecular flexibility index (Phi) is 4.98. The molecule has 0 saturated carbocycles. The SMILES string of the molecule is CCN(CC)c1ccc(C=C2C(=O)N(c3ccccc3)N=C2C)cc1. The van der Waals surface area contributed by atoms with Crippen LogP contribution in [-0.4, -0.2) is 24.7 Å². The van der Waals surface area contributed by atoms with Crippen molar-refractivity contribution in [2.45, 2.75) is 20.8 Å². The Morgan fingerprint density at radius 3 is 2.24 bits per heavy atom. The van der Waals surface area contributed by atoms with Crippen molar-refractivity contribution in [1.29, 1.82) is 0 Å². The van der Waals surface area contributed by atoms with Crippen LogP contribution in [0.5, 0.6) is 0 Å². The Morgan fingerprint density at radius 2 is 1.64 bits per heavy atom. The molecule has 0 aliphatic carbocycles. The second kappa shape index (κ2) is 7.34. The molecule has 128 valence electrons. The largest absolute Gasteiger partial charge is 0.372 e. The maximum Gasteiger partial charge on any atom is 0.280 e. The van der Waals surface area contributed by atoms with Crippen LogP contribution >= 0.6 is 0 Å². The third-order valence-corrected chi connectivity index (χ3v) is 4.40. The van der Waals surface area contributed by atoms with E-state index in [1.54, 1.807) is 0 Å². The minimum Gasteiger partial charge on any atom is -0.372 e. The highest BCUT2D eigenvalue weighted by Gasteiger charge is 2.28. The maximum absolute atomic E-state index is 12.7. The summed E-state index contributed by atoms with van der Waals surface area (Å²) in [6, 6.07) is 17.8. The molecular weight excluding hydrogens is 310 g/mol. The highest BCUT2D eigenvalue weighted by atomic mass is 16.2. The number of benzene rings is 2. The van der Waals surface area contributed by atoms with Gasteiger partial charge in [0.1, 0.15) is 0 Å². The molecule has 3 rings (SSSR count). The fourth-order valence-corrected chi connectivity index (χ4v) is 2.97. The van der Waals surface area contributed by atoms with E-state index >= 15 is 0 Å². The second-order valence-electron chi connectivity index (χ2n) is 5.96. The van der Waals surface area contributed by atoms with E-state index in [2.05, 4.69) is 36.0 Å². The first kappa shape index (κ1) is 17.0. The molecule has 1 aliphatic heterocycles. The van der Waals surface area contributed by atoms with E-state index in [0.29, 0.717) is 5.57 Å². The molecule has 0 unspecified atom stereocenters. The number of nitrogens with zero attached hydrogens (tertiary/aromatic N) is 3. The molecule has 0 aromatic heterocycles. The Morgan fingerprint density at radius 1 is 1.00 bits per heavy atom. The van der Waals surface area contributed by atoms with Crippen molar-refractivity contribution >= 4 is 29.1 Å². The Balaban J connectivity index is 1.84. The van der Waals surface area contributed by atoms with E-state index in [1.165, 1.54) is 10.7 Å². The molecule has 0 N–H and O–H groups in total. The number of para-hydroxylation sites is 1. The van der Waals surface area contributed by atoms with Crippen LogP contribution in [-0.2, 0) is 4.79 Å². The topological polar surface area (TPSA) is 35.9 Å². The first-order valence-corrected chi connectivity index (χ1v) is 8.65. The molecule has 2 aromatic rings. The summed E-state index contributed by atoms with van der Waals surface area (Å²) >= 11 is 0. The van der Waals surface area contributed by atoms with E-state index < -0.39 is 0 Å². The number of hydrogen-bond acceptors (Lipinski definition) is 3. The number of amides is 1. The molecule has 4 nitrogen and oxygen atoms in total. The quantitative estimate of drug-likeness (QED) is 0.763. The summed E-state index contributed by atoms with van der Waals surface area (Å²) in [5.74, 6) is -0.0866. The number of anilines is 2. The summed E-state index contributed by atoms with van der Waals surface area (Å²) in [4.78, 5) is 15.0. The van der Waals surface area contributed by atoms with Crippen LogP contribution in [0.3, 0.4) is 0 Å². The Labute approximate surface area is 149 Å². The number of hydrogen-bond donors (Lipinski definition) is 0.